The van der Waals surface area contributed by atoms with Crippen LogP contribution in [0.4, 0.5) is 16.2 Å². The van der Waals surface area contributed by atoms with Crippen LogP contribution in [0.5, 0.6) is 5.75 Å². The molecule has 0 radical (unpaired) electrons. The highest BCUT2D eigenvalue weighted by Gasteiger charge is 2.23. The minimum Gasteiger partial charge on any atom is -0.488 e. The van der Waals surface area contributed by atoms with Crippen molar-refractivity contribution in [2.45, 2.75) is 20.5 Å². The second-order valence-electron chi connectivity index (χ2n) is 7.36. The Hall–Kier alpha value is -3.87. The van der Waals surface area contributed by atoms with E-state index in [0.29, 0.717) is 36.7 Å². The van der Waals surface area contributed by atoms with E-state index in [1.807, 2.05) is 44.2 Å². The summed E-state index contributed by atoms with van der Waals surface area (Å²) in [6.45, 7) is 5.11. The largest absolute Gasteiger partial charge is 0.488 e. The Balaban J connectivity index is 1.47. The lowest BCUT2D eigenvalue weighted by atomic mass is 10.0. The van der Waals surface area contributed by atoms with Crippen molar-refractivity contribution >= 4 is 23.4 Å². The van der Waals surface area contributed by atoms with E-state index in [-0.39, 0.29) is 12.0 Å². The number of anilines is 2. The van der Waals surface area contributed by atoms with Gasteiger partial charge in [-0.25, -0.2) is 4.79 Å². The molecule has 31 heavy (non-hydrogen) atoms. The minimum atomic E-state index is -0.378. The van der Waals surface area contributed by atoms with E-state index >= 15 is 0 Å². The van der Waals surface area contributed by atoms with Crippen LogP contribution in [-0.4, -0.2) is 30.1 Å². The van der Waals surface area contributed by atoms with Gasteiger partial charge in [-0.1, -0.05) is 12.1 Å². The Kier molecular flexibility index (Phi) is 5.84. The van der Waals surface area contributed by atoms with Gasteiger partial charge in [-0.2, -0.15) is 0 Å². The number of carbonyl (C=O) groups excluding carboxylic acids is 2. The summed E-state index contributed by atoms with van der Waals surface area (Å²) in [5, 5.41) is 2.90. The summed E-state index contributed by atoms with van der Waals surface area (Å²) in [6, 6.07) is 14.6. The number of nitrogens with zero attached hydrogens (tertiary/aromatic N) is 2. The number of pyridine rings is 1. The molecule has 158 valence electrons. The van der Waals surface area contributed by atoms with Gasteiger partial charge in [0.15, 0.2) is 0 Å². The van der Waals surface area contributed by atoms with Crippen LogP contribution in [0.3, 0.4) is 0 Å². The van der Waals surface area contributed by atoms with Gasteiger partial charge in [0.25, 0.3) is 5.91 Å². The van der Waals surface area contributed by atoms with Crippen molar-refractivity contribution in [3.8, 4) is 5.75 Å². The molecule has 1 aromatic heterocycles. The van der Waals surface area contributed by atoms with E-state index in [4.69, 9.17) is 9.47 Å². The number of carbonyl (C=O) groups is 2. The number of hydrogen-bond donors (Lipinski definition) is 1. The van der Waals surface area contributed by atoms with Crippen LogP contribution < -0.4 is 15.0 Å². The van der Waals surface area contributed by atoms with Gasteiger partial charge in [-0.3, -0.25) is 14.7 Å². The lowest BCUT2D eigenvalue weighted by molar-refractivity contribution is 0.102. The van der Waals surface area contributed by atoms with Crippen LogP contribution in [0.15, 0.2) is 60.9 Å². The molecule has 0 unspecified atom stereocenters. The third kappa shape index (κ3) is 4.66. The van der Waals surface area contributed by atoms with Gasteiger partial charge in [0.2, 0.25) is 0 Å². The highest BCUT2D eigenvalue weighted by atomic mass is 16.6. The predicted octanol–water partition coefficient (Wildman–Crippen LogP) is 4.49. The summed E-state index contributed by atoms with van der Waals surface area (Å²) in [7, 11) is 0. The third-order valence-corrected chi connectivity index (χ3v) is 5.00. The molecule has 4 rings (SSSR count). The topological polar surface area (TPSA) is 80.8 Å². The molecule has 0 spiro atoms. The fourth-order valence-corrected chi connectivity index (χ4v) is 3.53. The number of nitrogens with one attached hydrogen (secondary N) is 1. The first-order valence-corrected chi connectivity index (χ1v) is 10.00. The molecule has 0 aliphatic carbocycles. The maximum Gasteiger partial charge on any atom is 0.414 e. The van der Waals surface area contributed by atoms with Crippen LogP contribution in [0.25, 0.3) is 0 Å². The Morgan fingerprint density at radius 2 is 1.97 bits per heavy atom. The van der Waals surface area contributed by atoms with Crippen molar-refractivity contribution in [3.63, 3.8) is 0 Å². The van der Waals surface area contributed by atoms with E-state index in [2.05, 4.69) is 10.3 Å². The Labute approximate surface area is 180 Å². The number of ether oxygens (including phenoxy) is 2. The van der Waals surface area contributed by atoms with Gasteiger partial charge < -0.3 is 14.8 Å². The summed E-state index contributed by atoms with van der Waals surface area (Å²) in [6.07, 6.45) is 3.11. The SMILES string of the molecule is Cc1cc(C(=O)Nc2cccc(N3CCOC3=O)c2)cc(C)c1OCc1cccnc1. The highest BCUT2D eigenvalue weighted by Crippen LogP contribution is 2.27. The molecule has 1 aliphatic rings. The molecule has 0 atom stereocenters. The van der Waals surface area contributed by atoms with Crippen LogP contribution in [0, 0.1) is 13.8 Å². The van der Waals surface area contributed by atoms with Gasteiger partial charge in [0.1, 0.15) is 19.0 Å². The standard InChI is InChI=1S/C24H23N3O4/c1-16-11-19(12-17(2)22(16)31-15-18-5-4-8-25-14-18)23(28)26-20-6-3-7-21(13-20)27-9-10-30-24(27)29/h3-8,11-14H,9-10,15H2,1-2H3,(H,26,28). The third-order valence-electron chi connectivity index (χ3n) is 5.00. The van der Waals surface area contributed by atoms with E-state index in [9.17, 15) is 9.59 Å². The number of hydrogen-bond acceptors (Lipinski definition) is 5. The molecule has 2 amide bonds. The van der Waals surface area contributed by atoms with Crippen LogP contribution in [0.1, 0.15) is 27.0 Å². The molecule has 0 saturated carbocycles. The molecule has 2 aromatic carbocycles. The van der Waals surface area contributed by atoms with E-state index in [1.54, 1.807) is 35.5 Å². The van der Waals surface area contributed by atoms with Crippen LogP contribution in [0.2, 0.25) is 0 Å². The first kappa shape index (κ1) is 20.4. The minimum absolute atomic E-state index is 0.230. The van der Waals surface area contributed by atoms with Gasteiger partial charge in [0, 0.05) is 34.9 Å². The summed E-state index contributed by atoms with van der Waals surface area (Å²) in [5.41, 5.74) is 4.56. The molecule has 0 bridgehead atoms. The lowest BCUT2D eigenvalue weighted by Crippen LogP contribution is -2.23. The van der Waals surface area contributed by atoms with Crippen molar-refractivity contribution in [3.05, 3.63) is 83.2 Å². The number of amides is 2. The van der Waals surface area contributed by atoms with Crippen molar-refractivity contribution < 1.29 is 19.1 Å². The predicted molar refractivity (Wildman–Crippen MR) is 118 cm³/mol. The Morgan fingerprint density at radius 1 is 1.16 bits per heavy atom. The fraction of sp³-hybridized carbons (Fsp3) is 0.208. The summed E-state index contributed by atoms with van der Waals surface area (Å²) >= 11 is 0. The molecular weight excluding hydrogens is 394 g/mol. The molecule has 1 aliphatic heterocycles. The molecule has 1 N–H and O–H groups in total. The zero-order chi connectivity index (χ0) is 21.8. The summed E-state index contributed by atoms with van der Waals surface area (Å²) < 4.78 is 10.9. The first-order valence-electron chi connectivity index (χ1n) is 10.00. The molecule has 7 nitrogen and oxygen atoms in total. The average molecular weight is 417 g/mol. The summed E-state index contributed by atoms with van der Waals surface area (Å²) in [4.78, 5) is 30.3. The Morgan fingerprint density at radius 3 is 2.65 bits per heavy atom. The molecule has 1 saturated heterocycles. The van der Waals surface area contributed by atoms with Crippen molar-refractivity contribution in [1.82, 2.24) is 4.98 Å². The normalized spacial score (nSPS) is 13.1. The molecule has 1 fully saturated rings. The second kappa shape index (κ2) is 8.87. The van der Waals surface area contributed by atoms with Crippen LogP contribution >= 0.6 is 0 Å². The van der Waals surface area contributed by atoms with Gasteiger partial charge in [-0.15, -0.1) is 0 Å². The van der Waals surface area contributed by atoms with Gasteiger partial charge in [0.05, 0.1) is 6.54 Å². The smallest absolute Gasteiger partial charge is 0.414 e. The average Bonchev–Trinajstić information content (AvgIpc) is 3.20. The maximum absolute atomic E-state index is 12.8. The summed E-state index contributed by atoms with van der Waals surface area (Å²) in [5.74, 6) is 0.529. The maximum atomic E-state index is 12.8. The number of cyclic esters (lactones) is 1. The van der Waals surface area contributed by atoms with Crippen molar-refractivity contribution in [1.29, 1.82) is 0 Å². The van der Waals surface area contributed by atoms with Crippen LogP contribution in [-0.2, 0) is 11.3 Å². The highest BCUT2D eigenvalue weighted by molar-refractivity contribution is 6.05. The Bertz CT molecular complexity index is 1090. The zero-order valence-electron chi connectivity index (χ0n) is 17.4. The second-order valence-corrected chi connectivity index (χ2v) is 7.36. The van der Waals surface area contributed by atoms with Gasteiger partial charge in [-0.05, 0) is 61.4 Å². The number of aromatic nitrogens is 1. The fourth-order valence-electron chi connectivity index (χ4n) is 3.53. The lowest BCUT2D eigenvalue weighted by Gasteiger charge is -2.16. The molecule has 3 aromatic rings. The number of benzene rings is 2. The van der Waals surface area contributed by atoms with Gasteiger partial charge >= 0.3 is 6.09 Å². The zero-order valence-corrected chi connectivity index (χ0v) is 17.4. The van der Waals surface area contributed by atoms with Crippen molar-refractivity contribution in [2.24, 2.45) is 0 Å². The first-order chi connectivity index (χ1) is 15.0. The van der Waals surface area contributed by atoms with E-state index in [0.717, 1.165) is 22.4 Å². The van der Waals surface area contributed by atoms with E-state index in [1.165, 1.54) is 0 Å². The number of aryl methyl sites for hydroxylation is 2. The molecule has 2 heterocycles. The quantitative estimate of drug-likeness (QED) is 0.639. The number of rotatable bonds is 6. The van der Waals surface area contributed by atoms with E-state index < -0.39 is 0 Å². The monoisotopic (exact) mass is 417 g/mol. The molecular formula is C24H23N3O4. The molecule has 7 heteroatoms. The van der Waals surface area contributed by atoms with Crippen molar-refractivity contribution in [2.75, 3.05) is 23.4 Å².